The van der Waals surface area contributed by atoms with Gasteiger partial charge in [0.1, 0.15) is 5.75 Å². The van der Waals surface area contributed by atoms with Crippen LogP contribution >= 0.6 is 11.8 Å². The van der Waals surface area contributed by atoms with Crippen molar-refractivity contribution in [1.29, 1.82) is 0 Å². The van der Waals surface area contributed by atoms with Crippen molar-refractivity contribution in [2.24, 2.45) is 0 Å². The summed E-state index contributed by atoms with van der Waals surface area (Å²) in [5, 5.41) is 0.128. The maximum absolute atomic E-state index is 12.2. The van der Waals surface area contributed by atoms with E-state index in [1.54, 1.807) is 43.3 Å². The quantitative estimate of drug-likeness (QED) is 0.573. The van der Waals surface area contributed by atoms with Crippen molar-refractivity contribution in [1.82, 2.24) is 0 Å². The van der Waals surface area contributed by atoms with Crippen LogP contribution in [-0.4, -0.2) is 23.3 Å². The van der Waals surface area contributed by atoms with Crippen LogP contribution in [0.4, 0.5) is 0 Å². The number of benzene rings is 2. The Morgan fingerprint density at radius 1 is 0.955 bits per heavy atom. The summed E-state index contributed by atoms with van der Waals surface area (Å²) >= 11 is 1.31. The molecule has 3 nitrogen and oxygen atoms in total. The molecule has 0 unspecified atom stereocenters. The Hall–Kier alpha value is -2.07. The zero-order chi connectivity index (χ0) is 15.8. The molecule has 0 spiro atoms. The number of hydrogen-bond donors (Lipinski definition) is 0. The van der Waals surface area contributed by atoms with Crippen LogP contribution in [0.25, 0.3) is 0 Å². The number of ketones is 1. The minimum Gasteiger partial charge on any atom is -0.494 e. The van der Waals surface area contributed by atoms with Gasteiger partial charge in [0.05, 0.1) is 6.61 Å². The second-order valence-corrected chi connectivity index (χ2v) is 6.03. The molecule has 0 heterocycles. The van der Waals surface area contributed by atoms with E-state index in [9.17, 15) is 9.59 Å². The molecule has 114 valence electrons. The molecule has 22 heavy (non-hydrogen) atoms. The molecule has 2 rings (SSSR count). The van der Waals surface area contributed by atoms with E-state index < -0.39 is 0 Å². The van der Waals surface area contributed by atoms with Gasteiger partial charge in [-0.2, -0.15) is 0 Å². The molecule has 0 aliphatic heterocycles. The standard InChI is InChI=1S/C18H18O3S/c1-14(19)22-13-5-12-21-17-10-8-16(9-11-17)18(20)15-6-3-2-4-7-15/h2-4,6-11H,5,12-13H2,1H3. The zero-order valence-electron chi connectivity index (χ0n) is 12.5. The molecule has 2 aromatic carbocycles. The lowest BCUT2D eigenvalue weighted by molar-refractivity contribution is -0.109. The molecule has 0 saturated carbocycles. The van der Waals surface area contributed by atoms with Gasteiger partial charge in [-0.3, -0.25) is 9.59 Å². The highest BCUT2D eigenvalue weighted by Gasteiger charge is 2.08. The number of ether oxygens (including phenoxy) is 1. The summed E-state index contributed by atoms with van der Waals surface area (Å²) < 4.78 is 5.59. The normalized spacial score (nSPS) is 10.2. The predicted octanol–water partition coefficient (Wildman–Crippen LogP) is 3.97. The Morgan fingerprint density at radius 2 is 1.59 bits per heavy atom. The first-order chi connectivity index (χ1) is 10.7. The van der Waals surface area contributed by atoms with Gasteiger partial charge < -0.3 is 4.74 Å². The largest absolute Gasteiger partial charge is 0.494 e. The van der Waals surface area contributed by atoms with E-state index in [1.807, 2.05) is 18.2 Å². The van der Waals surface area contributed by atoms with Gasteiger partial charge in [-0.15, -0.1) is 0 Å². The van der Waals surface area contributed by atoms with Gasteiger partial charge in [0.15, 0.2) is 10.9 Å². The lowest BCUT2D eigenvalue weighted by Gasteiger charge is -2.06. The van der Waals surface area contributed by atoms with Gasteiger partial charge in [0.25, 0.3) is 0 Å². The monoisotopic (exact) mass is 314 g/mol. The number of rotatable bonds is 7. The lowest BCUT2D eigenvalue weighted by Crippen LogP contribution is -2.02. The summed E-state index contributed by atoms with van der Waals surface area (Å²) in [6, 6.07) is 16.3. The fourth-order valence-electron chi connectivity index (χ4n) is 1.92. The molecule has 0 aliphatic carbocycles. The van der Waals surface area contributed by atoms with E-state index in [0.717, 1.165) is 17.9 Å². The fourth-order valence-corrected chi connectivity index (χ4v) is 2.47. The summed E-state index contributed by atoms with van der Waals surface area (Å²) in [6.07, 6.45) is 0.814. The number of hydrogen-bond acceptors (Lipinski definition) is 4. The van der Waals surface area contributed by atoms with E-state index in [2.05, 4.69) is 0 Å². The van der Waals surface area contributed by atoms with Gasteiger partial charge in [-0.1, -0.05) is 42.1 Å². The molecule has 0 fully saturated rings. The second-order valence-electron chi connectivity index (χ2n) is 4.76. The maximum Gasteiger partial charge on any atom is 0.193 e. The zero-order valence-corrected chi connectivity index (χ0v) is 13.3. The summed E-state index contributed by atoms with van der Waals surface area (Å²) in [5.74, 6) is 1.50. The van der Waals surface area contributed by atoms with Gasteiger partial charge in [-0.05, 0) is 30.7 Å². The molecule has 0 radical (unpaired) electrons. The van der Waals surface area contributed by atoms with Crippen LogP contribution in [-0.2, 0) is 4.79 Å². The number of thioether (sulfide) groups is 1. The first-order valence-corrected chi connectivity index (χ1v) is 8.11. The van der Waals surface area contributed by atoms with Crippen molar-refractivity contribution in [3.8, 4) is 5.75 Å². The SMILES string of the molecule is CC(=O)SCCCOc1ccc(C(=O)c2ccccc2)cc1. The molecule has 4 heteroatoms. The molecule has 0 saturated heterocycles. The molecule has 2 aromatic rings. The van der Waals surface area contributed by atoms with E-state index in [-0.39, 0.29) is 10.9 Å². The second kappa shape index (κ2) is 8.39. The highest BCUT2D eigenvalue weighted by molar-refractivity contribution is 8.13. The van der Waals surface area contributed by atoms with Gasteiger partial charge in [-0.25, -0.2) is 0 Å². The number of carbonyl (C=O) groups excluding carboxylic acids is 2. The minimum absolute atomic E-state index is 0.00464. The summed E-state index contributed by atoms with van der Waals surface area (Å²) in [4.78, 5) is 23.0. The van der Waals surface area contributed by atoms with E-state index in [1.165, 1.54) is 11.8 Å². The van der Waals surface area contributed by atoms with E-state index in [4.69, 9.17) is 4.74 Å². The molecule has 0 amide bonds. The topological polar surface area (TPSA) is 43.4 Å². The minimum atomic E-state index is 0.00464. The Morgan fingerprint density at radius 3 is 2.23 bits per heavy atom. The summed E-state index contributed by atoms with van der Waals surface area (Å²) in [5.41, 5.74) is 1.32. The Balaban J connectivity index is 1.85. The smallest absolute Gasteiger partial charge is 0.193 e. The summed E-state index contributed by atoms with van der Waals surface area (Å²) in [6.45, 7) is 2.13. The molecule has 0 atom stereocenters. The van der Waals surface area contributed by atoms with Crippen molar-refractivity contribution in [3.05, 3.63) is 65.7 Å². The summed E-state index contributed by atoms with van der Waals surface area (Å²) in [7, 11) is 0. The average Bonchev–Trinajstić information content (AvgIpc) is 2.55. The van der Waals surface area contributed by atoms with Crippen LogP contribution in [0.5, 0.6) is 5.75 Å². The Kier molecular flexibility index (Phi) is 6.22. The van der Waals surface area contributed by atoms with Gasteiger partial charge >= 0.3 is 0 Å². The lowest BCUT2D eigenvalue weighted by atomic mass is 10.0. The first-order valence-electron chi connectivity index (χ1n) is 7.13. The Labute approximate surface area is 134 Å². The van der Waals surface area contributed by atoms with Crippen LogP contribution in [0.15, 0.2) is 54.6 Å². The van der Waals surface area contributed by atoms with Crippen LogP contribution in [0.3, 0.4) is 0 Å². The van der Waals surface area contributed by atoms with Crippen LogP contribution in [0.2, 0.25) is 0 Å². The van der Waals surface area contributed by atoms with Crippen molar-refractivity contribution in [2.75, 3.05) is 12.4 Å². The van der Waals surface area contributed by atoms with Crippen molar-refractivity contribution < 1.29 is 14.3 Å². The average molecular weight is 314 g/mol. The van der Waals surface area contributed by atoms with Crippen molar-refractivity contribution >= 4 is 22.7 Å². The third-order valence-corrected chi connectivity index (χ3v) is 3.91. The van der Waals surface area contributed by atoms with Crippen molar-refractivity contribution in [2.45, 2.75) is 13.3 Å². The van der Waals surface area contributed by atoms with Gasteiger partial charge in [0.2, 0.25) is 0 Å². The molecular weight excluding hydrogens is 296 g/mol. The molecule has 0 aromatic heterocycles. The third-order valence-electron chi connectivity index (χ3n) is 3.02. The highest BCUT2D eigenvalue weighted by atomic mass is 32.2. The van der Waals surface area contributed by atoms with Crippen molar-refractivity contribution in [3.63, 3.8) is 0 Å². The Bertz CT molecular complexity index is 621. The third kappa shape index (κ3) is 5.04. The van der Waals surface area contributed by atoms with E-state index >= 15 is 0 Å². The molecule has 0 bridgehead atoms. The molecule has 0 aliphatic rings. The molecule has 0 N–H and O–H groups in total. The van der Waals surface area contributed by atoms with E-state index in [0.29, 0.717) is 17.7 Å². The maximum atomic E-state index is 12.2. The fraction of sp³-hybridized carbons (Fsp3) is 0.222. The van der Waals surface area contributed by atoms with Crippen LogP contribution in [0, 0.1) is 0 Å². The highest BCUT2D eigenvalue weighted by Crippen LogP contribution is 2.16. The first kappa shape index (κ1) is 16.3. The molecular formula is C18H18O3S. The van der Waals surface area contributed by atoms with Crippen LogP contribution < -0.4 is 4.74 Å². The number of carbonyl (C=O) groups is 2. The van der Waals surface area contributed by atoms with Gasteiger partial charge in [0, 0.05) is 23.8 Å². The predicted molar refractivity (Wildman–Crippen MR) is 89.6 cm³/mol. The van der Waals surface area contributed by atoms with Crippen LogP contribution in [0.1, 0.15) is 29.3 Å².